The molecule has 3 rings (SSSR count). The number of piperidine rings is 1. The third-order valence-corrected chi connectivity index (χ3v) is 6.79. The number of hydrogen-bond donors (Lipinski definition) is 0. The second-order valence-corrected chi connectivity index (χ2v) is 7.84. The molecule has 2 aliphatic rings. The van der Waals surface area contributed by atoms with Crippen molar-refractivity contribution in [1.29, 1.82) is 0 Å². The van der Waals surface area contributed by atoms with Gasteiger partial charge in [0.15, 0.2) is 0 Å². The van der Waals surface area contributed by atoms with E-state index in [1.165, 1.54) is 6.20 Å². The summed E-state index contributed by atoms with van der Waals surface area (Å²) in [6.07, 6.45) is 3.91. The summed E-state index contributed by atoms with van der Waals surface area (Å²) in [5.41, 5.74) is 0. The molecule has 1 aromatic rings. The fourth-order valence-electron chi connectivity index (χ4n) is 3.68. The highest BCUT2D eigenvalue weighted by molar-refractivity contribution is 7.89. The highest BCUT2D eigenvalue weighted by atomic mass is 32.2. The van der Waals surface area contributed by atoms with Crippen molar-refractivity contribution in [1.82, 2.24) is 14.2 Å². The number of likely N-dealkylation sites (tertiary alicyclic amines) is 1. The molecule has 0 bridgehead atoms. The monoisotopic (exact) mass is 325 g/mol. The lowest BCUT2D eigenvalue weighted by molar-refractivity contribution is 0.00238. The van der Waals surface area contributed by atoms with E-state index >= 15 is 0 Å². The van der Waals surface area contributed by atoms with Gasteiger partial charge in [0.25, 0.3) is 0 Å². The minimum absolute atomic E-state index is 0.0103. The quantitative estimate of drug-likeness (QED) is 0.820. The van der Waals surface area contributed by atoms with Crippen LogP contribution in [0.1, 0.15) is 13.3 Å². The zero-order valence-corrected chi connectivity index (χ0v) is 13.9. The number of ether oxygens (including phenoxy) is 1. The highest BCUT2D eigenvalue weighted by Crippen LogP contribution is 2.35. The highest BCUT2D eigenvalue weighted by Gasteiger charge is 2.48. The number of nitrogens with zero attached hydrogens (tertiary/aromatic N) is 3. The average molecular weight is 325 g/mol. The number of rotatable bonds is 4. The van der Waals surface area contributed by atoms with Gasteiger partial charge < -0.3 is 9.64 Å². The summed E-state index contributed by atoms with van der Waals surface area (Å²) < 4.78 is 33.2. The summed E-state index contributed by atoms with van der Waals surface area (Å²) in [6.45, 7) is 5.23. The van der Waals surface area contributed by atoms with Crippen LogP contribution in [0.3, 0.4) is 0 Å². The SMILES string of the molecule is CCN1C[C@@H]2[C@@H](OC)CCN(S(=O)(=O)c3cccnc3)[C@@H]2C1. The summed E-state index contributed by atoms with van der Waals surface area (Å²) in [4.78, 5) is 6.53. The van der Waals surface area contributed by atoms with Crippen LogP contribution in [-0.4, -0.2) is 68.0 Å². The molecule has 0 spiro atoms. The van der Waals surface area contributed by atoms with Crippen LogP contribution < -0.4 is 0 Å². The van der Waals surface area contributed by atoms with Gasteiger partial charge in [-0.05, 0) is 25.1 Å². The van der Waals surface area contributed by atoms with Crippen molar-refractivity contribution in [3.8, 4) is 0 Å². The third kappa shape index (κ3) is 2.67. The van der Waals surface area contributed by atoms with Gasteiger partial charge in [0.1, 0.15) is 4.90 Å². The van der Waals surface area contributed by atoms with Crippen molar-refractivity contribution in [2.75, 3.05) is 33.3 Å². The molecule has 22 heavy (non-hydrogen) atoms. The van der Waals surface area contributed by atoms with E-state index in [1.54, 1.807) is 29.7 Å². The maximum absolute atomic E-state index is 12.9. The van der Waals surface area contributed by atoms with Crippen molar-refractivity contribution >= 4 is 10.0 Å². The second-order valence-electron chi connectivity index (χ2n) is 5.95. The van der Waals surface area contributed by atoms with Gasteiger partial charge in [0.05, 0.1) is 6.10 Å². The van der Waals surface area contributed by atoms with Gasteiger partial charge in [-0.1, -0.05) is 6.92 Å². The summed E-state index contributed by atoms with van der Waals surface area (Å²) in [6, 6.07) is 3.27. The average Bonchev–Trinajstić information content (AvgIpc) is 2.98. The number of likely N-dealkylation sites (N-methyl/N-ethyl adjacent to an activating group) is 1. The molecule has 2 fully saturated rings. The summed E-state index contributed by atoms with van der Waals surface area (Å²) in [7, 11) is -1.77. The molecule has 2 saturated heterocycles. The predicted octanol–water partition coefficient (Wildman–Crippen LogP) is 0.811. The van der Waals surface area contributed by atoms with Gasteiger partial charge in [-0.15, -0.1) is 0 Å². The van der Waals surface area contributed by atoms with Gasteiger partial charge >= 0.3 is 0 Å². The molecule has 6 nitrogen and oxygen atoms in total. The van der Waals surface area contributed by atoms with Gasteiger partial charge in [0, 0.05) is 51.1 Å². The third-order valence-electron chi connectivity index (χ3n) is 4.88. The van der Waals surface area contributed by atoms with Crippen molar-refractivity contribution in [2.24, 2.45) is 5.92 Å². The van der Waals surface area contributed by atoms with Crippen LogP contribution in [0.25, 0.3) is 0 Å². The number of methoxy groups -OCH3 is 1. The molecular weight excluding hydrogens is 302 g/mol. The maximum atomic E-state index is 12.9. The van der Waals surface area contributed by atoms with Crippen LogP contribution in [0.2, 0.25) is 0 Å². The van der Waals surface area contributed by atoms with Crippen molar-refractivity contribution < 1.29 is 13.2 Å². The van der Waals surface area contributed by atoms with E-state index < -0.39 is 10.0 Å². The van der Waals surface area contributed by atoms with E-state index in [1.807, 2.05) is 0 Å². The van der Waals surface area contributed by atoms with Crippen LogP contribution in [0, 0.1) is 5.92 Å². The largest absolute Gasteiger partial charge is 0.381 e. The Bertz CT molecular complexity index is 608. The topological polar surface area (TPSA) is 62.7 Å². The Morgan fingerprint density at radius 3 is 2.86 bits per heavy atom. The maximum Gasteiger partial charge on any atom is 0.244 e. The van der Waals surface area contributed by atoms with Crippen LogP contribution in [0.4, 0.5) is 0 Å². The first kappa shape index (κ1) is 15.9. The number of fused-ring (bicyclic) bond motifs is 1. The molecule has 1 aromatic heterocycles. The van der Waals surface area contributed by atoms with Crippen molar-refractivity contribution in [2.45, 2.75) is 30.4 Å². The van der Waals surface area contributed by atoms with E-state index in [0.717, 1.165) is 26.1 Å². The second kappa shape index (κ2) is 6.23. The Kier molecular flexibility index (Phi) is 4.49. The van der Waals surface area contributed by atoms with Gasteiger partial charge in [-0.25, -0.2) is 8.42 Å². The number of hydrogen-bond acceptors (Lipinski definition) is 5. The molecule has 3 heterocycles. The first-order valence-electron chi connectivity index (χ1n) is 7.75. The molecule has 0 aliphatic carbocycles. The van der Waals surface area contributed by atoms with Crippen LogP contribution in [0.5, 0.6) is 0 Å². The first-order valence-corrected chi connectivity index (χ1v) is 9.19. The number of pyridine rings is 1. The molecular formula is C15H23N3O3S. The van der Waals surface area contributed by atoms with E-state index in [0.29, 0.717) is 6.54 Å². The first-order chi connectivity index (χ1) is 10.6. The Morgan fingerprint density at radius 1 is 1.41 bits per heavy atom. The minimum Gasteiger partial charge on any atom is -0.381 e. The van der Waals surface area contributed by atoms with Crippen molar-refractivity contribution in [3.05, 3.63) is 24.5 Å². The molecule has 3 atom stereocenters. The lowest BCUT2D eigenvalue weighted by Gasteiger charge is -2.40. The fraction of sp³-hybridized carbons (Fsp3) is 0.667. The molecule has 0 saturated carbocycles. The summed E-state index contributed by atoms with van der Waals surface area (Å²) in [5.74, 6) is 0.241. The summed E-state index contributed by atoms with van der Waals surface area (Å²) in [5, 5.41) is 0. The fourth-order valence-corrected chi connectivity index (χ4v) is 5.32. The zero-order chi connectivity index (χ0) is 15.7. The molecule has 0 aromatic carbocycles. The van der Waals surface area contributed by atoms with E-state index in [-0.39, 0.29) is 23.0 Å². The molecule has 122 valence electrons. The van der Waals surface area contributed by atoms with Crippen LogP contribution >= 0.6 is 0 Å². The molecule has 0 N–H and O–H groups in total. The Labute approximate surface area is 132 Å². The van der Waals surface area contributed by atoms with E-state index in [4.69, 9.17) is 4.74 Å². The molecule has 0 amide bonds. The smallest absolute Gasteiger partial charge is 0.244 e. The molecule has 7 heteroatoms. The lowest BCUT2D eigenvalue weighted by Crippen LogP contribution is -2.53. The number of aromatic nitrogens is 1. The van der Waals surface area contributed by atoms with Gasteiger partial charge in [-0.3, -0.25) is 4.98 Å². The predicted molar refractivity (Wildman–Crippen MR) is 82.9 cm³/mol. The number of sulfonamides is 1. The van der Waals surface area contributed by atoms with Crippen LogP contribution in [0.15, 0.2) is 29.4 Å². The summed E-state index contributed by atoms with van der Waals surface area (Å²) >= 11 is 0. The lowest BCUT2D eigenvalue weighted by atomic mass is 9.91. The Balaban J connectivity index is 1.91. The van der Waals surface area contributed by atoms with E-state index in [2.05, 4.69) is 16.8 Å². The Morgan fingerprint density at radius 2 is 2.23 bits per heavy atom. The molecule has 2 aliphatic heterocycles. The molecule has 0 unspecified atom stereocenters. The van der Waals surface area contributed by atoms with Crippen LogP contribution in [-0.2, 0) is 14.8 Å². The van der Waals surface area contributed by atoms with Gasteiger partial charge in [0.2, 0.25) is 10.0 Å². The molecule has 0 radical (unpaired) electrons. The van der Waals surface area contributed by atoms with E-state index in [9.17, 15) is 8.42 Å². The van der Waals surface area contributed by atoms with Crippen molar-refractivity contribution in [3.63, 3.8) is 0 Å². The normalized spacial score (nSPS) is 30.4. The zero-order valence-electron chi connectivity index (χ0n) is 13.1. The Hall–Kier alpha value is -1.02. The van der Waals surface area contributed by atoms with Gasteiger partial charge in [-0.2, -0.15) is 4.31 Å². The standard InChI is InChI=1S/C15H23N3O3S/c1-3-17-10-13-14(11-17)18(8-6-15(13)21-2)22(19,20)12-5-4-7-16-9-12/h4-5,7,9,13-15H,3,6,8,10-11H2,1-2H3/t13-,14+,15-/m0/s1. The minimum atomic E-state index is -3.49.